The summed E-state index contributed by atoms with van der Waals surface area (Å²) in [4.78, 5) is 13.1. The third kappa shape index (κ3) is 3.52. The van der Waals surface area contributed by atoms with E-state index < -0.39 is 15.9 Å². The number of benzene rings is 1. The molecule has 3 N–H and O–H groups in total. The molecule has 0 saturated carbocycles. The molecule has 31 heavy (non-hydrogen) atoms. The lowest BCUT2D eigenvalue weighted by Gasteiger charge is -2.19. The fraction of sp³-hybridized carbons (Fsp3) is 0.524. The zero-order valence-electron chi connectivity index (χ0n) is 17.7. The van der Waals surface area contributed by atoms with E-state index in [-0.39, 0.29) is 16.9 Å². The van der Waals surface area contributed by atoms with Crippen molar-refractivity contribution in [3.05, 3.63) is 34.5 Å². The number of anilines is 1. The fourth-order valence-electron chi connectivity index (χ4n) is 5.06. The number of fused-ring (bicyclic) bond motifs is 3. The maximum Gasteiger partial charge on any atom is 0.354 e. The van der Waals surface area contributed by atoms with E-state index in [2.05, 4.69) is 20.8 Å². The molecule has 0 unspecified atom stereocenters. The number of nitrogens with two attached hydrogens (primary N) is 1. The zero-order chi connectivity index (χ0) is 21.8. The molecule has 0 radical (unpaired) electrons. The molecule has 2 amide bonds. The number of hydrogen-bond donors (Lipinski definition) is 2. The number of hydrogen-bond acceptors (Lipinski definition) is 5. The molecular weight excluding hydrogens is 418 g/mol. The Hall–Kier alpha value is -2.43. The summed E-state index contributed by atoms with van der Waals surface area (Å²) in [5.74, 6) is 0.537. The van der Waals surface area contributed by atoms with Crippen molar-refractivity contribution in [3.8, 4) is 5.88 Å². The Morgan fingerprint density at radius 2 is 2.26 bits per heavy atom. The number of carbonyl (C=O) groups excluding carboxylic acids is 1. The van der Waals surface area contributed by atoms with Crippen molar-refractivity contribution in [2.75, 3.05) is 19.0 Å². The van der Waals surface area contributed by atoms with Crippen molar-refractivity contribution in [3.63, 3.8) is 0 Å². The van der Waals surface area contributed by atoms with Crippen molar-refractivity contribution in [1.82, 2.24) is 9.78 Å². The van der Waals surface area contributed by atoms with E-state index in [9.17, 15) is 9.00 Å². The Bertz CT molecular complexity index is 1180. The lowest BCUT2D eigenvalue weighted by atomic mass is 9.94. The van der Waals surface area contributed by atoms with Crippen molar-refractivity contribution in [2.45, 2.75) is 62.5 Å². The van der Waals surface area contributed by atoms with Gasteiger partial charge in [0, 0.05) is 18.7 Å². The zero-order valence-corrected chi connectivity index (χ0v) is 18.5. The van der Waals surface area contributed by atoms with E-state index in [0.717, 1.165) is 48.9 Å². The van der Waals surface area contributed by atoms with Gasteiger partial charge >= 0.3 is 6.03 Å². The second-order valence-electron chi connectivity index (χ2n) is 8.52. The average Bonchev–Trinajstić information content (AvgIpc) is 3.45. The molecule has 5 rings (SSSR count). The molecule has 0 bridgehead atoms. The Balaban J connectivity index is 1.50. The number of ether oxygens (including phenoxy) is 2. The molecule has 9 nitrogen and oxygen atoms in total. The van der Waals surface area contributed by atoms with Crippen LogP contribution in [0.5, 0.6) is 5.88 Å². The quantitative estimate of drug-likeness (QED) is 0.750. The lowest BCUT2D eigenvalue weighted by molar-refractivity contribution is 0.179. The second kappa shape index (κ2) is 7.61. The van der Waals surface area contributed by atoms with Gasteiger partial charge in [0.05, 0.1) is 19.3 Å². The first kappa shape index (κ1) is 20.5. The topological polar surface area (TPSA) is 121 Å². The summed E-state index contributed by atoms with van der Waals surface area (Å²) in [5.41, 5.74) is 5.61. The van der Waals surface area contributed by atoms with Crippen LogP contribution in [0.3, 0.4) is 0 Å². The van der Waals surface area contributed by atoms with E-state index in [0.29, 0.717) is 19.0 Å². The third-order valence-electron chi connectivity index (χ3n) is 6.33. The fourth-order valence-corrected chi connectivity index (χ4v) is 6.05. The van der Waals surface area contributed by atoms with Gasteiger partial charge in [0.2, 0.25) is 5.88 Å². The van der Waals surface area contributed by atoms with Gasteiger partial charge in [-0.2, -0.15) is 5.10 Å². The first-order valence-electron chi connectivity index (χ1n) is 10.6. The van der Waals surface area contributed by atoms with E-state index in [4.69, 9.17) is 14.6 Å². The molecule has 1 aliphatic heterocycles. The first-order chi connectivity index (χ1) is 14.9. The summed E-state index contributed by atoms with van der Waals surface area (Å²) in [7, 11) is -1.82. The molecule has 1 aromatic carbocycles. The average molecular weight is 446 g/mol. The number of nitrogens with zero attached hydrogens (tertiary/aromatic N) is 3. The van der Waals surface area contributed by atoms with Crippen molar-refractivity contribution in [1.29, 1.82) is 0 Å². The molecule has 1 aromatic heterocycles. The predicted molar refractivity (Wildman–Crippen MR) is 116 cm³/mol. The van der Waals surface area contributed by atoms with Crippen LogP contribution in [0.4, 0.5) is 10.5 Å². The minimum Gasteiger partial charge on any atom is -0.472 e. The molecule has 0 spiro atoms. The highest BCUT2D eigenvalue weighted by Gasteiger charge is 2.32. The SMILES string of the molecule is COC[C@H]1CCc2cc3c(c(NC(=O)N=[S@](N)(=O)c4cnn5c4O[C@@H](C)C5)c21)CCC3. The largest absolute Gasteiger partial charge is 0.472 e. The minimum atomic E-state index is -3.51. The van der Waals surface area contributed by atoms with Gasteiger partial charge in [0.15, 0.2) is 9.92 Å². The van der Waals surface area contributed by atoms with Gasteiger partial charge in [-0.1, -0.05) is 6.07 Å². The van der Waals surface area contributed by atoms with Crippen LogP contribution >= 0.6 is 0 Å². The Kier molecular flexibility index (Phi) is 5.03. The maximum atomic E-state index is 13.1. The molecule has 3 aliphatic rings. The molecule has 0 saturated heterocycles. The number of rotatable bonds is 4. The molecule has 2 aliphatic carbocycles. The van der Waals surface area contributed by atoms with Crippen LogP contribution in [0.1, 0.15) is 47.9 Å². The molecule has 2 aromatic rings. The van der Waals surface area contributed by atoms with Crippen LogP contribution in [0.25, 0.3) is 0 Å². The standard InChI is InChI=1S/C21H27N5O4S/c1-12-10-26-20(30-12)17(9-23-26)31(22,28)25-21(27)24-19-16-5-3-4-13(16)8-14-6-7-15(11-29-2)18(14)19/h8-9,12,15H,3-7,10-11H2,1-2H3,(H3,22,24,25,27,28)/t12-,15+,31-/m0/s1. The van der Waals surface area contributed by atoms with Gasteiger partial charge in [-0.25, -0.2) is 18.8 Å². The van der Waals surface area contributed by atoms with Gasteiger partial charge in [-0.3, -0.25) is 0 Å². The number of nitrogens with one attached hydrogen (secondary N) is 1. The van der Waals surface area contributed by atoms with E-state index >= 15 is 0 Å². The van der Waals surface area contributed by atoms with Crippen LogP contribution in [0.15, 0.2) is 21.5 Å². The third-order valence-corrected chi connectivity index (χ3v) is 7.68. The van der Waals surface area contributed by atoms with Crippen molar-refractivity contribution in [2.24, 2.45) is 9.50 Å². The smallest absolute Gasteiger partial charge is 0.354 e. The highest BCUT2D eigenvalue weighted by atomic mass is 32.2. The number of aryl methyl sites for hydroxylation is 2. The van der Waals surface area contributed by atoms with Gasteiger partial charge in [0.1, 0.15) is 11.0 Å². The number of amides is 2. The first-order valence-corrected chi connectivity index (χ1v) is 12.2. The second-order valence-corrected chi connectivity index (χ2v) is 10.3. The summed E-state index contributed by atoms with van der Waals surface area (Å²) in [6.45, 7) is 3.02. The monoisotopic (exact) mass is 445 g/mol. The highest BCUT2D eigenvalue weighted by Crippen LogP contribution is 2.44. The summed E-state index contributed by atoms with van der Waals surface area (Å²) >= 11 is 0. The maximum absolute atomic E-state index is 13.1. The van der Waals surface area contributed by atoms with Gasteiger partial charge < -0.3 is 14.8 Å². The number of methoxy groups -OCH3 is 1. The normalized spacial score (nSPS) is 22.9. The van der Waals surface area contributed by atoms with Crippen LogP contribution in [0, 0.1) is 0 Å². The summed E-state index contributed by atoms with van der Waals surface area (Å²) in [6, 6.07) is 1.56. The summed E-state index contributed by atoms with van der Waals surface area (Å²) < 4.78 is 29.7. The molecular formula is C21H27N5O4S. The lowest BCUT2D eigenvalue weighted by Crippen LogP contribution is -2.20. The summed E-state index contributed by atoms with van der Waals surface area (Å²) in [6.07, 6.45) is 6.17. The predicted octanol–water partition coefficient (Wildman–Crippen LogP) is 2.76. The van der Waals surface area contributed by atoms with Crippen LogP contribution in [0.2, 0.25) is 0 Å². The van der Waals surface area contributed by atoms with E-state index in [1.54, 1.807) is 11.8 Å². The van der Waals surface area contributed by atoms with E-state index in [1.807, 2.05) is 6.92 Å². The molecule has 3 atom stereocenters. The van der Waals surface area contributed by atoms with Gasteiger partial charge in [-0.15, -0.1) is 4.36 Å². The number of carbonyl (C=O) groups is 1. The van der Waals surface area contributed by atoms with E-state index in [1.165, 1.54) is 17.3 Å². The summed E-state index contributed by atoms with van der Waals surface area (Å²) in [5, 5.41) is 13.1. The Morgan fingerprint density at radius 1 is 1.42 bits per heavy atom. The molecule has 10 heteroatoms. The van der Waals surface area contributed by atoms with Crippen LogP contribution in [-0.4, -0.2) is 39.8 Å². The van der Waals surface area contributed by atoms with Crippen LogP contribution in [-0.2, 0) is 40.5 Å². The van der Waals surface area contributed by atoms with Crippen LogP contribution < -0.4 is 15.2 Å². The Morgan fingerprint density at radius 3 is 3.06 bits per heavy atom. The van der Waals surface area contributed by atoms with Crippen molar-refractivity contribution >= 4 is 21.6 Å². The molecule has 0 fully saturated rings. The Labute approximate surface area is 181 Å². The van der Waals surface area contributed by atoms with Gasteiger partial charge in [0.25, 0.3) is 0 Å². The number of aromatic nitrogens is 2. The van der Waals surface area contributed by atoms with Gasteiger partial charge in [-0.05, 0) is 61.3 Å². The molecule has 166 valence electrons. The molecule has 2 heterocycles. The number of urea groups is 1. The highest BCUT2D eigenvalue weighted by molar-refractivity contribution is 7.91. The van der Waals surface area contributed by atoms with Crippen molar-refractivity contribution < 1.29 is 18.5 Å². The minimum absolute atomic E-state index is 0.0984.